The summed E-state index contributed by atoms with van der Waals surface area (Å²) < 4.78 is 31.3. The summed E-state index contributed by atoms with van der Waals surface area (Å²) in [4.78, 5) is 25.2. The van der Waals surface area contributed by atoms with Crippen molar-refractivity contribution in [3.05, 3.63) is 29.8 Å². The van der Waals surface area contributed by atoms with Gasteiger partial charge in [-0.15, -0.1) is 0 Å². The van der Waals surface area contributed by atoms with E-state index in [1.165, 1.54) is 4.90 Å². The van der Waals surface area contributed by atoms with Crippen LogP contribution in [0.5, 0.6) is 5.75 Å². The van der Waals surface area contributed by atoms with Gasteiger partial charge in [-0.05, 0) is 39.8 Å². The van der Waals surface area contributed by atoms with Gasteiger partial charge >= 0.3 is 0 Å². The first-order valence-corrected chi connectivity index (χ1v) is 7.29. The van der Waals surface area contributed by atoms with Gasteiger partial charge in [-0.1, -0.05) is 0 Å². The Balaban J connectivity index is 2.58. The lowest BCUT2D eigenvalue weighted by Gasteiger charge is -2.25. The highest BCUT2D eigenvalue weighted by Gasteiger charge is 2.20. The molecule has 1 aromatic carbocycles. The molecule has 23 heavy (non-hydrogen) atoms. The summed E-state index contributed by atoms with van der Waals surface area (Å²) in [6.45, 7) is 7.00. The molecule has 0 heterocycles. The highest BCUT2D eigenvalue weighted by molar-refractivity contribution is 5.85. The van der Waals surface area contributed by atoms with Crippen molar-refractivity contribution in [2.45, 2.75) is 33.2 Å². The maximum Gasteiger partial charge on any atom is 0.260 e. The lowest BCUT2D eigenvalue weighted by molar-refractivity contribution is -0.138. The first-order chi connectivity index (χ1) is 10.6. The van der Waals surface area contributed by atoms with Crippen LogP contribution < -0.4 is 10.1 Å². The Morgan fingerprint density at radius 1 is 1.26 bits per heavy atom. The Labute approximate surface area is 134 Å². The van der Waals surface area contributed by atoms with Crippen molar-refractivity contribution < 1.29 is 23.1 Å². The zero-order valence-corrected chi connectivity index (χ0v) is 13.8. The number of hydrogen-bond acceptors (Lipinski definition) is 3. The van der Waals surface area contributed by atoms with Crippen LogP contribution in [0.15, 0.2) is 18.2 Å². The number of benzene rings is 1. The quantitative estimate of drug-likeness (QED) is 0.870. The van der Waals surface area contributed by atoms with Crippen molar-refractivity contribution in [3.63, 3.8) is 0 Å². The van der Waals surface area contributed by atoms with E-state index in [2.05, 4.69) is 5.32 Å². The molecule has 128 valence electrons. The summed E-state index contributed by atoms with van der Waals surface area (Å²) in [6.07, 6.45) is 0. The van der Waals surface area contributed by atoms with Crippen molar-refractivity contribution in [3.8, 4) is 5.75 Å². The highest BCUT2D eigenvalue weighted by atomic mass is 19.1. The number of ether oxygens (including phenoxy) is 1. The molecule has 0 saturated carbocycles. The second kappa shape index (κ2) is 7.89. The first kappa shape index (κ1) is 18.9. The molecule has 0 fully saturated rings. The number of nitrogens with zero attached hydrogens (tertiary/aromatic N) is 1. The van der Waals surface area contributed by atoms with Crippen LogP contribution in [0.1, 0.15) is 27.7 Å². The van der Waals surface area contributed by atoms with Gasteiger partial charge in [0.25, 0.3) is 5.91 Å². The Hall–Kier alpha value is -2.18. The topological polar surface area (TPSA) is 58.6 Å². The molecule has 0 aliphatic carbocycles. The standard InChI is InChI=1S/C16H22F2N2O3/c1-5-20(9-14(21)19-16(2,3)4)15(22)10-23-13-7-6-11(17)8-12(13)18/h6-8H,5,9-10H2,1-4H3,(H,19,21). The van der Waals surface area contributed by atoms with E-state index in [1.807, 2.05) is 20.8 Å². The third-order valence-electron chi connectivity index (χ3n) is 2.83. The minimum Gasteiger partial charge on any atom is -0.481 e. The molecule has 5 nitrogen and oxygen atoms in total. The van der Waals surface area contributed by atoms with Crippen LogP contribution in [0, 0.1) is 11.6 Å². The smallest absolute Gasteiger partial charge is 0.260 e. The van der Waals surface area contributed by atoms with Gasteiger partial charge in [0.15, 0.2) is 18.2 Å². The Morgan fingerprint density at radius 2 is 1.91 bits per heavy atom. The minimum atomic E-state index is -0.883. The zero-order valence-electron chi connectivity index (χ0n) is 13.8. The third kappa shape index (κ3) is 6.63. The second-order valence-electron chi connectivity index (χ2n) is 6.07. The number of amides is 2. The number of likely N-dealkylation sites (N-methyl/N-ethyl adjacent to an activating group) is 1. The van der Waals surface area contributed by atoms with Crippen LogP contribution >= 0.6 is 0 Å². The van der Waals surface area contributed by atoms with Crippen LogP contribution in [-0.4, -0.2) is 41.9 Å². The van der Waals surface area contributed by atoms with Gasteiger partial charge in [0, 0.05) is 18.2 Å². The van der Waals surface area contributed by atoms with Crippen molar-refractivity contribution in [2.75, 3.05) is 19.7 Å². The molecule has 2 amide bonds. The fourth-order valence-electron chi connectivity index (χ4n) is 1.83. The fraction of sp³-hybridized carbons (Fsp3) is 0.500. The minimum absolute atomic E-state index is 0.109. The molecule has 1 aromatic rings. The predicted octanol–water partition coefficient (Wildman–Crippen LogP) is 2.11. The van der Waals surface area contributed by atoms with Crippen LogP contribution in [0.25, 0.3) is 0 Å². The van der Waals surface area contributed by atoms with E-state index in [4.69, 9.17) is 4.74 Å². The maximum atomic E-state index is 13.4. The van der Waals surface area contributed by atoms with Gasteiger partial charge in [0.05, 0.1) is 6.54 Å². The van der Waals surface area contributed by atoms with Crippen molar-refractivity contribution in [1.29, 1.82) is 0 Å². The van der Waals surface area contributed by atoms with Crippen LogP contribution in [0.4, 0.5) is 8.78 Å². The molecule has 0 aromatic heterocycles. The number of carbonyl (C=O) groups is 2. The third-order valence-corrected chi connectivity index (χ3v) is 2.83. The average Bonchev–Trinajstić information content (AvgIpc) is 2.41. The largest absolute Gasteiger partial charge is 0.481 e. The monoisotopic (exact) mass is 328 g/mol. The van der Waals surface area contributed by atoms with E-state index >= 15 is 0 Å². The van der Waals surface area contributed by atoms with E-state index in [0.29, 0.717) is 12.6 Å². The molecular formula is C16H22F2N2O3. The number of hydrogen-bond donors (Lipinski definition) is 1. The Bertz CT molecular complexity index is 571. The van der Waals surface area contributed by atoms with E-state index in [-0.39, 0.29) is 18.2 Å². The highest BCUT2D eigenvalue weighted by Crippen LogP contribution is 2.17. The summed E-state index contributed by atoms with van der Waals surface area (Å²) in [5, 5.41) is 2.75. The number of nitrogens with one attached hydrogen (secondary N) is 1. The van der Waals surface area contributed by atoms with E-state index in [9.17, 15) is 18.4 Å². The van der Waals surface area contributed by atoms with Gasteiger partial charge in [-0.3, -0.25) is 9.59 Å². The maximum absolute atomic E-state index is 13.4. The molecular weight excluding hydrogens is 306 g/mol. The second-order valence-corrected chi connectivity index (χ2v) is 6.07. The van der Waals surface area contributed by atoms with Gasteiger partial charge in [0.2, 0.25) is 5.91 Å². The molecule has 1 rings (SSSR count). The van der Waals surface area contributed by atoms with Gasteiger partial charge in [-0.25, -0.2) is 8.78 Å². The summed E-state index contributed by atoms with van der Waals surface area (Å²) in [5.74, 6) is -2.57. The summed E-state index contributed by atoms with van der Waals surface area (Å²) in [6, 6.07) is 2.83. The molecule has 0 unspecified atom stereocenters. The molecule has 7 heteroatoms. The fourth-order valence-corrected chi connectivity index (χ4v) is 1.83. The molecule has 0 aliphatic heterocycles. The molecule has 0 aliphatic rings. The van der Waals surface area contributed by atoms with Gasteiger partial charge in [0.1, 0.15) is 5.82 Å². The normalized spacial score (nSPS) is 11.0. The molecule has 1 N–H and O–H groups in total. The summed E-state index contributed by atoms with van der Waals surface area (Å²) in [5.41, 5.74) is -0.396. The van der Waals surface area contributed by atoms with Crippen LogP contribution in [0.3, 0.4) is 0 Å². The van der Waals surface area contributed by atoms with Crippen LogP contribution in [-0.2, 0) is 9.59 Å². The average molecular weight is 328 g/mol. The SMILES string of the molecule is CCN(CC(=O)NC(C)(C)C)C(=O)COc1ccc(F)cc1F. The van der Waals surface area contributed by atoms with E-state index < -0.39 is 29.7 Å². The zero-order chi connectivity index (χ0) is 17.6. The number of rotatable bonds is 6. The Kier molecular flexibility index (Phi) is 6.48. The molecule has 0 saturated heterocycles. The van der Waals surface area contributed by atoms with E-state index in [1.54, 1.807) is 6.92 Å². The van der Waals surface area contributed by atoms with Crippen LogP contribution in [0.2, 0.25) is 0 Å². The van der Waals surface area contributed by atoms with Crippen molar-refractivity contribution in [2.24, 2.45) is 0 Å². The molecule has 0 radical (unpaired) electrons. The summed E-state index contributed by atoms with van der Waals surface area (Å²) in [7, 11) is 0. The molecule has 0 bridgehead atoms. The molecule has 0 atom stereocenters. The number of halogens is 2. The van der Waals surface area contributed by atoms with Gasteiger partial charge in [-0.2, -0.15) is 0 Å². The molecule has 0 spiro atoms. The first-order valence-electron chi connectivity index (χ1n) is 7.29. The van der Waals surface area contributed by atoms with E-state index in [0.717, 1.165) is 12.1 Å². The summed E-state index contributed by atoms with van der Waals surface area (Å²) >= 11 is 0. The van der Waals surface area contributed by atoms with Crippen molar-refractivity contribution >= 4 is 11.8 Å². The predicted molar refractivity (Wildman–Crippen MR) is 82.0 cm³/mol. The lowest BCUT2D eigenvalue weighted by Crippen LogP contribution is -2.48. The van der Waals surface area contributed by atoms with Crippen molar-refractivity contribution in [1.82, 2.24) is 10.2 Å². The lowest BCUT2D eigenvalue weighted by atomic mass is 10.1. The van der Waals surface area contributed by atoms with Gasteiger partial charge < -0.3 is 15.0 Å². The number of carbonyl (C=O) groups excluding carboxylic acids is 2. The Morgan fingerprint density at radius 3 is 2.43 bits per heavy atom.